The van der Waals surface area contributed by atoms with Gasteiger partial charge in [-0.15, -0.1) is 0 Å². The van der Waals surface area contributed by atoms with Gasteiger partial charge in [-0.05, 0) is 46.6 Å². The van der Waals surface area contributed by atoms with Crippen LogP contribution in [0.15, 0.2) is 12.2 Å². The van der Waals surface area contributed by atoms with E-state index in [9.17, 15) is 19.2 Å². The molecule has 28 heavy (non-hydrogen) atoms. The van der Waals surface area contributed by atoms with E-state index in [2.05, 4.69) is 10.6 Å². The number of hydrogen-bond acceptors (Lipinski definition) is 5. The van der Waals surface area contributed by atoms with Crippen molar-refractivity contribution in [2.24, 2.45) is 0 Å². The molecule has 0 bridgehead atoms. The van der Waals surface area contributed by atoms with Gasteiger partial charge in [-0.25, -0.2) is 0 Å². The Morgan fingerprint density at radius 1 is 1.04 bits per heavy atom. The molecule has 0 aliphatic rings. The highest BCUT2D eigenvalue weighted by atomic mass is 16.5. The fourth-order valence-electron chi connectivity index (χ4n) is 2.32. The summed E-state index contributed by atoms with van der Waals surface area (Å²) in [6, 6.07) is 0. The summed E-state index contributed by atoms with van der Waals surface area (Å²) >= 11 is 0. The maximum atomic E-state index is 12.2. The van der Waals surface area contributed by atoms with E-state index in [1.54, 1.807) is 14.1 Å². The van der Waals surface area contributed by atoms with Crippen molar-refractivity contribution < 1.29 is 23.9 Å². The van der Waals surface area contributed by atoms with Gasteiger partial charge in [0.25, 0.3) is 0 Å². The fraction of sp³-hybridized carbons (Fsp3) is 0.700. The van der Waals surface area contributed by atoms with Crippen LogP contribution in [0, 0.1) is 0 Å². The number of hydrogen-bond donors (Lipinski definition) is 2. The van der Waals surface area contributed by atoms with Crippen LogP contribution in [0.25, 0.3) is 0 Å². The van der Waals surface area contributed by atoms with E-state index in [0.717, 1.165) is 12.2 Å². The number of allylic oxidation sites excluding steroid dienone is 1. The molecule has 8 heteroatoms. The lowest BCUT2D eigenvalue weighted by atomic mass is 9.99. The van der Waals surface area contributed by atoms with E-state index < -0.39 is 11.1 Å². The smallest absolute Gasteiger partial charge is 0.246 e. The van der Waals surface area contributed by atoms with Crippen molar-refractivity contribution in [3.63, 3.8) is 0 Å². The third-order valence-electron chi connectivity index (χ3n) is 4.30. The summed E-state index contributed by atoms with van der Waals surface area (Å²) in [6.07, 6.45) is 4.60. The van der Waals surface area contributed by atoms with Crippen LogP contribution in [0.1, 0.15) is 53.4 Å². The van der Waals surface area contributed by atoms with Gasteiger partial charge < -0.3 is 20.3 Å². The number of likely N-dealkylation sites (N-methyl/N-ethyl adjacent to an activating group) is 1. The van der Waals surface area contributed by atoms with Gasteiger partial charge >= 0.3 is 0 Å². The maximum Gasteiger partial charge on any atom is 0.246 e. The molecule has 0 aromatic heterocycles. The second-order valence-electron chi connectivity index (χ2n) is 7.97. The Bertz CT molecular complexity index is 570. The van der Waals surface area contributed by atoms with E-state index >= 15 is 0 Å². The Labute approximate surface area is 168 Å². The molecule has 8 nitrogen and oxygen atoms in total. The maximum absolute atomic E-state index is 12.2. The van der Waals surface area contributed by atoms with Crippen molar-refractivity contribution in [1.82, 2.24) is 15.5 Å². The third kappa shape index (κ3) is 12.2. The monoisotopic (exact) mass is 397 g/mol. The lowest BCUT2D eigenvalue weighted by Gasteiger charge is -2.30. The standard InChI is InChI=1S/C20H35N3O5/c1-19(2,12-15-28-20(3,4)11-9-16(25)21-5)22-17(26)10-13-23(6)18(27)8-7-14-24/h7-8,14H,9-13,15H2,1-6H3,(H,21,25)(H,22,26)/b8-7-. The highest BCUT2D eigenvalue weighted by Gasteiger charge is 2.24. The molecule has 0 spiro atoms. The minimum absolute atomic E-state index is 0.0191. The second kappa shape index (κ2) is 12.3. The summed E-state index contributed by atoms with van der Waals surface area (Å²) in [4.78, 5) is 46.8. The first-order valence-electron chi connectivity index (χ1n) is 9.45. The SMILES string of the molecule is CNC(=O)CCC(C)(C)OCCC(C)(C)NC(=O)CCN(C)C(=O)/C=C\C=O. The van der Waals surface area contributed by atoms with Gasteiger partial charge in [0.15, 0.2) is 0 Å². The molecule has 0 aromatic rings. The largest absolute Gasteiger partial charge is 0.375 e. The zero-order valence-corrected chi connectivity index (χ0v) is 18.0. The molecule has 0 aliphatic heterocycles. The summed E-state index contributed by atoms with van der Waals surface area (Å²) in [5.41, 5.74) is -0.890. The van der Waals surface area contributed by atoms with Crippen molar-refractivity contribution in [2.45, 2.75) is 64.5 Å². The number of nitrogens with one attached hydrogen (secondary N) is 2. The molecule has 0 radical (unpaired) electrons. The zero-order chi connectivity index (χ0) is 21.8. The van der Waals surface area contributed by atoms with Gasteiger partial charge in [0.2, 0.25) is 17.7 Å². The Morgan fingerprint density at radius 2 is 1.68 bits per heavy atom. The van der Waals surface area contributed by atoms with Crippen LogP contribution in [-0.4, -0.2) is 67.3 Å². The van der Waals surface area contributed by atoms with Crippen LogP contribution in [-0.2, 0) is 23.9 Å². The zero-order valence-electron chi connectivity index (χ0n) is 18.0. The number of rotatable bonds is 13. The van der Waals surface area contributed by atoms with Crippen LogP contribution in [0.4, 0.5) is 0 Å². The van der Waals surface area contributed by atoms with Gasteiger partial charge in [-0.2, -0.15) is 0 Å². The van der Waals surface area contributed by atoms with E-state index in [-0.39, 0.29) is 30.7 Å². The molecule has 0 heterocycles. The van der Waals surface area contributed by atoms with Crippen LogP contribution in [0.3, 0.4) is 0 Å². The van der Waals surface area contributed by atoms with Crippen LogP contribution in [0.5, 0.6) is 0 Å². The Kier molecular flexibility index (Phi) is 11.3. The molecular formula is C20H35N3O5. The molecule has 2 N–H and O–H groups in total. The number of aldehydes is 1. The second-order valence-corrected chi connectivity index (χ2v) is 7.97. The van der Waals surface area contributed by atoms with Crippen LogP contribution < -0.4 is 10.6 Å². The number of amides is 3. The molecule has 0 rings (SSSR count). The van der Waals surface area contributed by atoms with Crippen molar-refractivity contribution in [2.75, 3.05) is 27.2 Å². The molecule has 0 saturated carbocycles. The minimum Gasteiger partial charge on any atom is -0.375 e. The van der Waals surface area contributed by atoms with E-state index in [4.69, 9.17) is 4.74 Å². The first kappa shape index (κ1) is 25.8. The summed E-state index contributed by atoms with van der Waals surface area (Å²) in [6.45, 7) is 8.40. The molecule has 0 fully saturated rings. The highest BCUT2D eigenvalue weighted by molar-refractivity contribution is 5.91. The van der Waals surface area contributed by atoms with Gasteiger partial charge in [-0.1, -0.05) is 0 Å². The predicted octanol–water partition coefficient (Wildman–Crippen LogP) is 1.20. The van der Waals surface area contributed by atoms with Crippen molar-refractivity contribution in [1.29, 1.82) is 0 Å². The topological polar surface area (TPSA) is 105 Å². The van der Waals surface area contributed by atoms with Crippen molar-refractivity contribution in [3.8, 4) is 0 Å². The lowest BCUT2D eigenvalue weighted by Crippen LogP contribution is -2.45. The van der Waals surface area contributed by atoms with Crippen molar-refractivity contribution >= 4 is 24.0 Å². The number of carbonyl (C=O) groups excluding carboxylic acids is 4. The average Bonchev–Trinajstić information content (AvgIpc) is 2.61. The van der Waals surface area contributed by atoms with Crippen LogP contribution >= 0.6 is 0 Å². The van der Waals surface area contributed by atoms with Crippen molar-refractivity contribution in [3.05, 3.63) is 12.2 Å². The van der Waals surface area contributed by atoms with E-state index in [1.165, 1.54) is 4.90 Å². The summed E-state index contributed by atoms with van der Waals surface area (Å²) < 4.78 is 5.89. The first-order chi connectivity index (χ1) is 12.9. The van der Waals surface area contributed by atoms with Gasteiger partial charge in [-0.3, -0.25) is 19.2 Å². The molecule has 0 atom stereocenters. The van der Waals surface area contributed by atoms with Gasteiger partial charge in [0, 0.05) is 51.7 Å². The Morgan fingerprint density at radius 3 is 2.25 bits per heavy atom. The molecule has 0 aliphatic carbocycles. The molecule has 3 amide bonds. The Hall–Kier alpha value is -2.22. The number of ether oxygens (including phenoxy) is 1. The predicted molar refractivity (Wildman–Crippen MR) is 108 cm³/mol. The highest BCUT2D eigenvalue weighted by Crippen LogP contribution is 2.19. The molecule has 0 saturated heterocycles. The lowest BCUT2D eigenvalue weighted by molar-refractivity contribution is -0.127. The quantitative estimate of drug-likeness (QED) is 0.359. The molecule has 0 unspecified atom stereocenters. The normalized spacial score (nSPS) is 11.9. The fourth-order valence-corrected chi connectivity index (χ4v) is 2.32. The summed E-state index contributed by atoms with van der Waals surface area (Å²) in [5, 5.41) is 5.53. The average molecular weight is 398 g/mol. The van der Waals surface area contributed by atoms with E-state index in [0.29, 0.717) is 32.2 Å². The van der Waals surface area contributed by atoms with Gasteiger partial charge in [0.05, 0.1) is 5.60 Å². The van der Waals surface area contributed by atoms with Gasteiger partial charge in [0.1, 0.15) is 6.29 Å². The van der Waals surface area contributed by atoms with E-state index in [1.807, 2.05) is 27.7 Å². The molecule has 0 aromatic carbocycles. The third-order valence-corrected chi connectivity index (χ3v) is 4.30. The Balaban J connectivity index is 4.29. The first-order valence-corrected chi connectivity index (χ1v) is 9.45. The number of carbonyl (C=O) groups is 4. The number of nitrogens with zero attached hydrogens (tertiary/aromatic N) is 1. The minimum atomic E-state index is -0.464. The summed E-state index contributed by atoms with van der Waals surface area (Å²) in [7, 11) is 3.18. The summed E-state index contributed by atoms with van der Waals surface area (Å²) in [5.74, 6) is -0.510. The van der Waals surface area contributed by atoms with Crippen LogP contribution in [0.2, 0.25) is 0 Å². The molecule has 160 valence electrons. The molecular weight excluding hydrogens is 362 g/mol.